The number of ether oxygens (including phenoxy) is 1. The third-order valence-electron chi connectivity index (χ3n) is 5.69. The van der Waals surface area contributed by atoms with Crippen LogP contribution in [0, 0.1) is 5.82 Å². The quantitative estimate of drug-likeness (QED) is 0.648. The molecule has 3 rings (SSSR count). The van der Waals surface area contributed by atoms with Gasteiger partial charge in [0.2, 0.25) is 11.8 Å². The van der Waals surface area contributed by atoms with Gasteiger partial charge in [0, 0.05) is 27.1 Å². The van der Waals surface area contributed by atoms with Crippen LogP contribution in [0.5, 0.6) is 5.75 Å². The van der Waals surface area contributed by atoms with Crippen LogP contribution in [-0.4, -0.2) is 85.1 Å². The molecule has 30 heavy (non-hydrogen) atoms. The highest BCUT2D eigenvalue weighted by Crippen LogP contribution is 2.25. The van der Waals surface area contributed by atoms with Gasteiger partial charge in [-0.1, -0.05) is 0 Å². The Morgan fingerprint density at radius 1 is 1.17 bits per heavy atom. The lowest BCUT2D eigenvalue weighted by atomic mass is 10.1. The third-order valence-corrected chi connectivity index (χ3v) is 5.69. The van der Waals surface area contributed by atoms with Gasteiger partial charge < -0.3 is 19.4 Å². The second kappa shape index (κ2) is 9.23. The maximum absolute atomic E-state index is 13.9. The van der Waals surface area contributed by atoms with Crippen LogP contribution in [0.25, 0.3) is 0 Å². The molecule has 3 amide bonds. The van der Waals surface area contributed by atoms with Crippen LogP contribution in [0.15, 0.2) is 23.2 Å². The fourth-order valence-electron chi connectivity index (χ4n) is 3.88. The Hall–Kier alpha value is -2.97. The lowest BCUT2D eigenvalue weighted by Gasteiger charge is -2.27. The first kappa shape index (κ1) is 21.7. The largest absolute Gasteiger partial charge is 0.491 e. The van der Waals surface area contributed by atoms with Crippen molar-refractivity contribution in [1.29, 1.82) is 0 Å². The van der Waals surface area contributed by atoms with Gasteiger partial charge in [0.25, 0.3) is 5.91 Å². The average molecular weight is 418 g/mol. The number of amides is 3. The highest BCUT2D eigenvalue weighted by Gasteiger charge is 2.32. The molecule has 2 heterocycles. The van der Waals surface area contributed by atoms with Crippen LogP contribution in [0.1, 0.15) is 36.0 Å². The van der Waals surface area contributed by atoms with Crippen molar-refractivity contribution in [1.82, 2.24) is 14.7 Å². The molecular weight excluding hydrogens is 391 g/mol. The Labute approximate surface area is 175 Å². The first-order valence-corrected chi connectivity index (χ1v) is 10.0. The molecule has 2 unspecified atom stereocenters. The van der Waals surface area contributed by atoms with Crippen LogP contribution in [0.3, 0.4) is 0 Å². The third kappa shape index (κ3) is 4.60. The minimum absolute atomic E-state index is 0.0158. The molecular formula is C21H27FN4O4. The van der Waals surface area contributed by atoms with Gasteiger partial charge in [-0.25, -0.2) is 4.39 Å². The smallest absolute Gasteiger partial charge is 0.259 e. The van der Waals surface area contributed by atoms with Gasteiger partial charge in [-0.05, 0) is 44.2 Å². The number of hydrogen-bond donors (Lipinski definition) is 0. The van der Waals surface area contributed by atoms with Gasteiger partial charge in [0.1, 0.15) is 24.3 Å². The molecule has 0 radical (unpaired) electrons. The van der Waals surface area contributed by atoms with Crippen molar-refractivity contribution in [2.45, 2.75) is 37.9 Å². The SMILES string of the molecule is C=NC1CCC(=O)N(C)CC(=O)N2CCCC2COc2ccc(F)cc2C(=O)N1C. The van der Waals surface area contributed by atoms with Crippen molar-refractivity contribution in [2.75, 3.05) is 33.8 Å². The van der Waals surface area contributed by atoms with E-state index in [0.717, 1.165) is 18.9 Å². The van der Waals surface area contributed by atoms with E-state index in [1.54, 1.807) is 11.9 Å². The molecule has 1 fully saturated rings. The predicted octanol–water partition coefficient (Wildman–Crippen LogP) is 1.55. The minimum atomic E-state index is -0.671. The highest BCUT2D eigenvalue weighted by molar-refractivity contribution is 5.97. The second-order valence-corrected chi connectivity index (χ2v) is 7.70. The molecule has 0 saturated carbocycles. The first-order chi connectivity index (χ1) is 14.3. The molecule has 0 aliphatic carbocycles. The summed E-state index contributed by atoms with van der Waals surface area (Å²) in [7, 11) is 3.12. The summed E-state index contributed by atoms with van der Waals surface area (Å²) < 4.78 is 19.8. The zero-order valence-corrected chi connectivity index (χ0v) is 17.3. The summed E-state index contributed by atoms with van der Waals surface area (Å²) in [5.74, 6) is -1.14. The Kier molecular flexibility index (Phi) is 6.69. The number of benzene rings is 1. The number of rotatable bonds is 1. The van der Waals surface area contributed by atoms with Gasteiger partial charge in [0.05, 0.1) is 18.2 Å². The molecule has 2 aliphatic heterocycles. The van der Waals surface area contributed by atoms with E-state index in [2.05, 4.69) is 11.7 Å². The Balaban J connectivity index is 1.95. The Morgan fingerprint density at radius 2 is 1.93 bits per heavy atom. The average Bonchev–Trinajstić information content (AvgIpc) is 3.20. The van der Waals surface area contributed by atoms with E-state index in [9.17, 15) is 18.8 Å². The number of fused-ring (bicyclic) bond motifs is 2. The van der Waals surface area contributed by atoms with E-state index >= 15 is 0 Å². The molecule has 1 saturated heterocycles. The molecule has 0 N–H and O–H groups in total. The summed E-state index contributed by atoms with van der Waals surface area (Å²) in [5.41, 5.74) is 0.0698. The molecule has 2 atom stereocenters. The summed E-state index contributed by atoms with van der Waals surface area (Å²) in [4.78, 5) is 46.7. The number of aliphatic imine (C=N–C) groups is 1. The van der Waals surface area contributed by atoms with E-state index in [-0.39, 0.29) is 55.2 Å². The normalized spacial score (nSPS) is 24.0. The van der Waals surface area contributed by atoms with Crippen LogP contribution in [0.2, 0.25) is 0 Å². The van der Waals surface area contributed by atoms with Crippen molar-refractivity contribution in [3.05, 3.63) is 29.6 Å². The molecule has 162 valence electrons. The van der Waals surface area contributed by atoms with E-state index in [0.29, 0.717) is 6.54 Å². The lowest BCUT2D eigenvalue weighted by molar-refractivity contribution is -0.140. The van der Waals surface area contributed by atoms with Crippen LogP contribution < -0.4 is 4.74 Å². The fourth-order valence-corrected chi connectivity index (χ4v) is 3.88. The van der Waals surface area contributed by atoms with Crippen molar-refractivity contribution in [3.63, 3.8) is 0 Å². The van der Waals surface area contributed by atoms with Gasteiger partial charge in [-0.2, -0.15) is 0 Å². The molecule has 0 bridgehead atoms. The maximum atomic E-state index is 13.9. The van der Waals surface area contributed by atoms with Crippen LogP contribution in [0.4, 0.5) is 4.39 Å². The summed E-state index contributed by atoms with van der Waals surface area (Å²) in [6.07, 6.45) is 1.26. The number of halogens is 1. The van der Waals surface area contributed by atoms with Gasteiger partial charge in [0.15, 0.2) is 0 Å². The number of carbonyl (C=O) groups excluding carboxylic acids is 3. The predicted molar refractivity (Wildman–Crippen MR) is 109 cm³/mol. The topological polar surface area (TPSA) is 82.5 Å². The lowest BCUT2D eigenvalue weighted by Crippen LogP contribution is -2.45. The van der Waals surface area contributed by atoms with Crippen molar-refractivity contribution >= 4 is 24.4 Å². The fraction of sp³-hybridized carbons (Fsp3) is 0.524. The van der Waals surface area contributed by atoms with E-state index in [1.807, 2.05) is 0 Å². The molecule has 0 aromatic heterocycles. The highest BCUT2D eigenvalue weighted by atomic mass is 19.1. The maximum Gasteiger partial charge on any atom is 0.259 e. The first-order valence-electron chi connectivity index (χ1n) is 10.0. The van der Waals surface area contributed by atoms with E-state index < -0.39 is 17.9 Å². The Morgan fingerprint density at radius 3 is 2.67 bits per heavy atom. The number of carbonyl (C=O) groups is 3. The van der Waals surface area contributed by atoms with E-state index in [4.69, 9.17) is 4.74 Å². The number of likely N-dealkylation sites (N-methyl/N-ethyl adjacent to an activating group) is 1. The van der Waals surface area contributed by atoms with E-state index in [1.165, 1.54) is 29.0 Å². The monoisotopic (exact) mass is 418 g/mol. The summed E-state index contributed by atoms with van der Waals surface area (Å²) in [5, 5.41) is 0. The van der Waals surface area contributed by atoms with Crippen molar-refractivity contribution in [3.8, 4) is 5.75 Å². The zero-order chi connectivity index (χ0) is 21.8. The van der Waals surface area contributed by atoms with Gasteiger partial charge in [-0.3, -0.25) is 19.4 Å². The second-order valence-electron chi connectivity index (χ2n) is 7.70. The zero-order valence-electron chi connectivity index (χ0n) is 17.3. The standard InChI is InChI=1S/C21H27FN4O4/c1-23-18-8-9-19(27)24(2)12-20(28)26-10-4-5-15(26)13-30-17-7-6-14(22)11-16(17)21(29)25(18)3/h6-7,11,15,18H,1,4-5,8-10,12-13H2,2-3H3. The van der Waals surface area contributed by atoms with Crippen LogP contribution in [-0.2, 0) is 9.59 Å². The summed E-state index contributed by atoms with van der Waals surface area (Å²) >= 11 is 0. The molecule has 8 nitrogen and oxygen atoms in total. The molecule has 0 spiro atoms. The van der Waals surface area contributed by atoms with Crippen LogP contribution >= 0.6 is 0 Å². The molecule has 1 aromatic carbocycles. The molecule has 1 aromatic rings. The summed E-state index contributed by atoms with van der Waals surface area (Å²) in [6, 6.07) is 3.61. The van der Waals surface area contributed by atoms with Gasteiger partial charge >= 0.3 is 0 Å². The molecule has 2 aliphatic rings. The summed E-state index contributed by atoms with van der Waals surface area (Å²) in [6.45, 7) is 4.28. The van der Waals surface area contributed by atoms with Crippen molar-refractivity contribution < 1.29 is 23.5 Å². The van der Waals surface area contributed by atoms with Gasteiger partial charge in [-0.15, -0.1) is 0 Å². The van der Waals surface area contributed by atoms with Crippen molar-refractivity contribution in [2.24, 2.45) is 4.99 Å². The Bertz CT molecular complexity index is 846. The number of hydrogen-bond acceptors (Lipinski definition) is 5. The number of nitrogens with zero attached hydrogens (tertiary/aromatic N) is 4. The molecule has 9 heteroatoms. The minimum Gasteiger partial charge on any atom is -0.491 e.